The van der Waals surface area contributed by atoms with Gasteiger partial charge in [0, 0.05) is 18.0 Å². The summed E-state index contributed by atoms with van der Waals surface area (Å²) >= 11 is 0. The minimum Gasteiger partial charge on any atom is -0.487 e. The van der Waals surface area contributed by atoms with Gasteiger partial charge in [0.2, 0.25) is 0 Å². The van der Waals surface area contributed by atoms with E-state index in [1.54, 1.807) is 29.2 Å². The number of hydrogen-bond acceptors (Lipinski definition) is 5. The van der Waals surface area contributed by atoms with Crippen molar-refractivity contribution in [1.82, 2.24) is 9.66 Å². The molecule has 4 aromatic rings. The highest BCUT2D eigenvalue weighted by Gasteiger charge is 2.32. The molecule has 7 nitrogen and oxygen atoms in total. The number of nitrogens with zero attached hydrogens (tertiary/aromatic N) is 3. The molecule has 0 radical (unpaired) electrons. The molecule has 2 aromatic carbocycles. The smallest absolute Gasteiger partial charge is 0.270 e. The number of amides is 1. The average molecular weight is 469 g/mol. The number of pyridine rings is 1. The quantitative estimate of drug-likeness (QED) is 0.405. The van der Waals surface area contributed by atoms with E-state index in [9.17, 15) is 4.79 Å². The summed E-state index contributed by atoms with van der Waals surface area (Å²) in [7, 11) is 0. The fourth-order valence-electron chi connectivity index (χ4n) is 4.26. The molecule has 1 aliphatic heterocycles. The van der Waals surface area contributed by atoms with Crippen LogP contribution in [0.2, 0.25) is 0 Å². The number of ether oxygens (including phenoxy) is 2. The molecule has 1 amide bonds. The molecule has 0 bridgehead atoms. The van der Waals surface area contributed by atoms with Crippen molar-refractivity contribution < 1.29 is 14.3 Å². The van der Waals surface area contributed by atoms with Gasteiger partial charge in [-0.2, -0.15) is 0 Å². The van der Waals surface area contributed by atoms with Crippen LogP contribution in [0.1, 0.15) is 27.2 Å². The average Bonchev–Trinajstić information content (AvgIpc) is 3.14. The van der Waals surface area contributed by atoms with Crippen LogP contribution in [0.3, 0.4) is 0 Å². The molecule has 35 heavy (non-hydrogen) atoms. The molecular weight excluding hydrogens is 440 g/mol. The number of benzene rings is 2. The van der Waals surface area contributed by atoms with Gasteiger partial charge in [-0.3, -0.25) is 19.9 Å². The lowest BCUT2D eigenvalue weighted by molar-refractivity contribution is 0.101. The van der Waals surface area contributed by atoms with Gasteiger partial charge in [-0.1, -0.05) is 30.3 Å². The number of hydrogen-bond donors (Lipinski definition) is 1. The van der Waals surface area contributed by atoms with Crippen LogP contribution in [0, 0.1) is 13.8 Å². The van der Waals surface area contributed by atoms with Crippen LogP contribution in [0.15, 0.2) is 85.3 Å². The van der Waals surface area contributed by atoms with Crippen molar-refractivity contribution in [3.05, 3.63) is 108 Å². The second-order valence-electron chi connectivity index (χ2n) is 8.69. The summed E-state index contributed by atoms with van der Waals surface area (Å²) in [6.45, 7) is 6.16. The molecular formula is C28H28N4O3. The minimum atomic E-state index is -0.130. The first-order chi connectivity index (χ1) is 17.1. The molecule has 3 heterocycles. The molecule has 1 fully saturated rings. The standard InChI is InChI=1S/C28H28N4O3/c1-20-16-32(30-28(33)23-7-4-3-5-8-23)21(2)27(20)31-17-26(18-31)35-24-12-10-22(11-13-24)19-34-25-9-6-14-29-15-25/h3-16,26H,17-19H2,1-2H3,(H,30,33). The van der Waals surface area contributed by atoms with E-state index >= 15 is 0 Å². The van der Waals surface area contributed by atoms with E-state index in [0.29, 0.717) is 12.2 Å². The monoisotopic (exact) mass is 468 g/mol. The van der Waals surface area contributed by atoms with E-state index in [1.165, 1.54) is 0 Å². The van der Waals surface area contributed by atoms with Crippen LogP contribution >= 0.6 is 0 Å². The number of carbonyl (C=O) groups is 1. The van der Waals surface area contributed by atoms with E-state index in [1.807, 2.05) is 67.7 Å². The largest absolute Gasteiger partial charge is 0.487 e. The number of anilines is 1. The normalized spacial score (nSPS) is 13.3. The van der Waals surface area contributed by atoms with Crippen molar-refractivity contribution in [2.24, 2.45) is 0 Å². The Balaban J connectivity index is 1.14. The van der Waals surface area contributed by atoms with Gasteiger partial charge in [-0.05, 0) is 61.4 Å². The maximum Gasteiger partial charge on any atom is 0.270 e. The van der Waals surface area contributed by atoms with Crippen LogP contribution in [-0.2, 0) is 6.61 Å². The zero-order chi connectivity index (χ0) is 24.2. The lowest BCUT2D eigenvalue weighted by Gasteiger charge is -2.41. The molecule has 1 aliphatic rings. The minimum absolute atomic E-state index is 0.119. The first-order valence-electron chi connectivity index (χ1n) is 11.6. The predicted octanol–water partition coefficient (Wildman–Crippen LogP) is 4.73. The third-order valence-electron chi connectivity index (χ3n) is 6.09. The predicted molar refractivity (Wildman–Crippen MR) is 136 cm³/mol. The third kappa shape index (κ3) is 5.14. The Hall–Kier alpha value is -4.26. The molecule has 7 heteroatoms. The van der Waals surface area contributed by atoms with Gasteiger partial charge in [0.15, 0.2) is 0 Å². The number of carbonyl (C=O) groups excluding carboxylic acids is 1. The highest BCUT2D eigenvalue weighted by Crippen LogP contribution is 2.31. The van der Waals surface area contributed by atoms with Crippen LogP contribution in [0.4, 0.5) is 5.69 Å². The summed E-state index contributed by atoms with van der Waals surface area (Å²) in [4.78, 5) is 18.9. The molecule has 2 aromatic heterocycles. The molecule has 0 saturated carbocycles. The van der Waals surface area contributed by atoms with Crippen molar-refractivity contribution in [2.45, 2.75) is 26.6 Å². The van der Waals surface area contributed by atoms with Crippen molar-refractivity contribution in [3.63, 3.8) is 0 Å². The Morgan fingerprint density at radius 1 is 1.00 bits per heavy atom. The maximum absolute atomic E-state index is 12.6. The molecule has 0 unspecified atom stereocenters. The molecule has 178 valence electrons. The Bertz CT molecular complexity index is 1280. The number of aromatic nitrogens is 2. The third-order valence-corrected chi connectivity index (χ3v) is 6.09. The van der Waals surface area contributed by atoms with Gasteiger partial charge in [-0.15, -0.1) is 0 Å². The summed E-state index contributed by atoms with van der Waals surface area (Å²) in [6.07, 6.45) is 5.51. The number of aryl methyl sites for hydroxylation is 1. The molecule has 1 saturated heterocycles. The summed E-state index contributed by atoms with van der Waals surface area (Å²) in [5.74, 6) is 1.47. The van der Waals surface area contributed by atoms with Crippen LogP contribution in [0.5, 0.6) is 11.5 Å². The molecule has 0 atom stereocenters. The first-order valence-corrected chi connectivity index (χ1v) is 11.6. The van der Waals surface area contributed by atoms with Crippen molar-refractivity contribution >= 4 is 11.6 Å². The van der Waals surface area contributed by atoms with Gasteiger partial charge in [0.05, 0.1) is 30.7 Å². The Labute approximate surface area is 204 Å². The van der Waals surface area contributed by atoms with Gasteiger partial charge in [0.25, 0.3) is 5.91 Å². The van der Waals surface area contributed by atoms with E-state index < -0.39 is 0 Å². The molecule has 0 aliphatic carbocycles. The lowest BCUT2D eigenvalue weighted by Crippen LogP contribution is -2.54. The Kier molecular flexibility index (Phi) is 6.39. The maximum atomic E-state index is 12.6. The van der Waals surface area contributed by atoms with Crippen LogP contribution in [0.25, 0.3) is 0 Å². The van der Waals surface area contributed by atoms with Gasteiger partial charge >= 0.3 is 0 Å². The van der Waals surface area contributed by atoms with E-state index in [-0.39, 0.29) is 12.0 Å². The van der Waals surface area contributed by atoms with Crippen molar-refractivity contribution in [3.8, 4) is 11.5 Å². The first kappa shape index (κ1) is 22.5. The fraction of sp³-hybridized carbons (Fsp3) is 0.214. The molecule has 1 N–H and O–H groups in total. The van der Waals surface area contributed by atoms with Crippen LogP contribution < -0.4 is 19.8 Å². The zero-order valence-electron chi connectivity index (χ0n) is 19.8. The highest BCUT2D eigenvalue weighted by molar-refractivity contribution is 6.00. The topological polar surface area (TPSA) is 68.6 Å². The van der Waals surface area contributed by atoms with Gasteiger partial charge in [0.1, 0.15) is 24.2 Å². The number of rotatable bonds is 8. The van der Waals surface area contributed by atoms with Gasteiger partial charge in [-0.25, -0.2) is 0 Å². The Morgan fingerprint density at radius 2 is 1.77 bits per heavy atom. The fourth-order valence-corrected chi connectivity index (χ4v) is 4.26. The van der Waals surface area contributed by atoms with E-state index in [2.05, 4.69) is 22.2 Å². The van der Waals surface area contributed by atoms with Gasteiger partial charge < -0.3 is 14.4 Å². The Morgan fingerprint density at radius 3 is 2.49 bits per heavy atom. The second kappa shape index (κ2) is 9.93. The summed E-state index contributed by atoms with van der Waals surface area (Å²) in [5.41, 5.74) is 7.94. The summed E-state index contributed by atoms with van der Waals surface area (Å²) in [5, 5.41) is 0. The van der Waals surface area contributed by atoms with E-state index in [4.69, 9.17) is 9.47 Å². The highest BCUT2D eigenvalue weighted by atomic mass is 16.5. The van der Waals surface area contributed by atoms with Crippen molar-refractivity contribution in [1.29, 1.82) is 0 Å². The zero-order valence-corrected chi connectivity index (χ0v) is 19.8. The number of nitrogens with one attached hydrogen (secondary N) is 1. The molecule has 5 rings (SSSR count). The van der Waals surface area contributed by atoms with Crippen molar-refractivity contribution in [2.75, 3.05) is 23.4 Å². The lowest BCUT2D eigenvalue weighted by atomic mass is 10.1. The summed E-state index contributed by atoms with van der Waals surface area (Å²) in [6, 6.07) is 21.0. The second-order valence-corrected chi connectivity index (χ2v) is 8.69. The van der Waals surface area contributed by atoms with E-state index in [0.717, 1.165) is 47.1 Å². The van der Waals surface area contributed by atoms with Crippen LogP contribution in [-0.4, -0.2) is 34.8 Å². The summed E-state index contributed by atoms with van der Waals surface area (Å²) < 4.78 is 13.7. The molecule has 0 spiro atoms. The SMILES string of the molecule is Cc1cn(NC(=O)c2ccccc2)c(C)c1N1CC(Oc2ccc(COc3cccnc3)cc2)C1.